The number of aliphatic hydroxyl groups is 1. The molecule has 0 aromatic heterocycles. The molecule has 0 aromatic carbocycles. The van der Waals surface area contributed by atoms with Gasteiger partial charge in [-0.2, -0.15) is 0 Å². The minimum atomic E-state index is -0.677. The molecule has 1 amide bonds. The highest BCUT2D eigenvalue weighted by Gasteiger charge is 2.45. The molecule has 1 aliphatic rings. The van der Waals surface area contributed by atoms with E-state index in [4.69, 9.17) is 9.84 Å². The maximum Gasteiger partial charge on any atom is 0.233 e. The highest BCUT2D eigenvalue weighted by Crippen LogP contribution is 2.27. The molecule has 0 bridgehead atoms. The summed E-state index contributed by atoms with van der Waals surface area (Å²) in [7, 11) is 0. The second-order valence-corrected chi connectivity index (χ2v) is 5.13. The van der Waals surface area contributed by atoms with Gasteiger partial charge < -0.3 is 15.2 Å². The van der Waals surface area contributed by atoms with Crippen molar-refractivity contribution in [2.24, 2.45) is 10.8 Å². The quantitative estimate of drug-likeness (QED) is 0.704. The van der Waals surface area contributed by atoms with Crippen LogP contribution in [-0.4, -0.2) is 37.4 Å². The third-order valence-corrected chi connectivity index (χ3v) is 3.23. The van der Waals surface area contributed by atoms with Crippen molar-refractivity contribution in [2.45, 2.75) is 27.2 Å². The van der Waals surface area contributed by atoms with Crippen LogP contribution in [0.4, 0.5) is 0 Å². The van der Waals surface area contributed by atoms with Crippen LogP contribution >= 0.6 is 0 Å². The van der Waals surface area contributed by atoms with E-state index in [0.29, 0.717) is 19.8 Å². The second-order valence-electron chi connectivity index (χ2n) is 5.13. The molecule has 0 atom stereocenters. The standard InChI is InChI=1S/C11H21NO3/c1-4-10(2,3)5-12-9(14)11(6-13)7-15-8-11/h13H,4-8H2,1-3H3,(H,12,14). The van der Waals surface area contributed by atoms with Crippen molar-refractivity contribution in [3.63, 3.8) is 0 Å². The Balaban J connectivity index is 2.42. The molecular weight excluding hydrogens is 194 g/mol. The number of amides is 1. The summed E-state index contributed by atoms with van der Waals surface area (Å²) in [4.78, 5) is 11.8. The maximum atomic E-state index is 11.8. The number of nitrogens with one attached hydrogen (secondary N) is 1. The van der Waals surface area contributed by atoms with E-state index in [0.717, 1.165) is 6.42 Å². The van der Waals surface area contributed by atoms with Crippen LogP contribution in [-0.2, 0) is 9.53 Å². The molecule has 1 rings (SSSR count). The average molecular weight is 215 g/mol. The minimum Gasteiger partial charge on any atom is -0.395 e. The van der Waals surface area contributed by atoms with Gasteiger partial charge in [0.15, 0.2) is 0 Å². The SMILES string of the molecule is CCC(C)(C)CNC(=O)C1(CO)COC1. The topological polar surface area (TPSA) is 58.6 Å². The Labute approximate surface area is 91.0 Å². The fourth-order valence-corrected chi connectivity index (χ4v) is 1.27. The lowest BCUT2D eigenvalue weighted by Gasteiger charge is -2.38. The van der Waals surface area contributed by atoms with Crippen LogP contribution in [0.3, 0.4) is 0 Å². The molecule has 4 nitrogen and oxygen atoms in total. The normalized spacial score (nSPS) is 19.5. The van der Waals surface area contributed by atoms with Crippen molar-refractivity contribution in [1.29, 1.82) is 0 Å². The van der Waals surface area contributed by atoms with Gasteiger partial charge in [0.2, 0.25) is 5.91 Å². The lowest BCUT2D eigenvalue weighted by molar-refractivity contribution is -0.170. The number of aliphatic hydroxyl groups excluding tert-OH is 1. The monoisotopic (exact) mass is 215 g/mol. The fraction of sp³-hybridized carbons (Fsp3) is 0.909. The molecule has 1 heterocycles. The second kappa shape index (κ2) is 4.49. The van der Waals surface area contributed by atoms with Crippen LogP contribution < -0.4 is 5.32 Å². The van der Waals surface area contributed by atoms with Gasteiger partial charge in [-0.05, 0) is 11.8 Å². The zero-order valence-electron chi connectivity index (χ0n) is 9.80. The zero-order chi connectivity index (χ0) is 11.5. The van der Waals surface area contributed by atoms with Gasteiger partial charge in [-0.3, -0.25) is 4.79 Å². The molecule has 4 heteroatoms. The predicted molar refractivity (Wildman–Crippen MR) is 57.4 cm³/mol. The smallest absolute Gasteiger partial charge is 0.233 e. The van der Waals surface area contributed by atoms with Crippen LogP contribution in [0.5, 0.6) is 0 Å². The van der Waals surface area contributed by atoms with E-state index < -0.39 is 5.41 Å². The van der Waals surface area contributed by atoms with Gasteiger partial charge in [0.25, 0.3) is 0 Å². The highest BCUT2D eigenvalue weighted by atomic mass is 16.5. The van der Waals surface area contributed by atoms with E-state index in [9.17, 15) is 4.79 Å². The number of carbonyl (C=O) groups is 1. The Morgan fingerprint density at radius 1 is 1.53 bits per heavy atom. The molecule has 1 saturated heterocycles. The summed E-state index contributed by atoms with van der Waals surface area (Å²) < 4.78 is 4.99. The van der Waals surface area contributed by atoms with E-state index in [1.807, 2.05) is 0 Å². The van der Waals surface area contributed by atoms with E-state index in [1.54, 1.807) is 0 Å². The first-order valence-electron chi connectivity index (χ1n) is 5.43. The first-order valence-corrected chi connectivity index (χ1v) is 5.43. The van der Waals surface area contributed by atoms with Crippen molar-refractivity contribution in [3.8, 4) is 0 Å². The number of hydrogen-bond acceptors (Lipinski definition) is 3. The molecule has 1 fully saturated rings. The zero-order valence-corrected chi connectivity index (χ0v) is 9.80. The molecule has 0 radical (unpaired) electrons. The molecular formula is C11H21NO3. The largest absolute Gasteiger partial charge is 0.395 e. The predicted octanol–water partition coefficient (Wildman–Crippen LogP) is 0.548. The Morgan fingerprint density at radius 3 is 2.47 bits per heavy atom. The van der Waals surface area contributed by atoms with Crippen LogP contribution in [0, 0.1) is 10.8 Å². The van der Waals surface area contributed by atoms with Crippen molar-refractivity contribution in [2.75, 3.05) is 26.4 Å². The molecule has 0 aliphatic carbocycles. The number of carbonyl (C=O) groups excluding carboxylic acids is 1. The van der Waals surface area contributed by atoms with Gasteiger partial charge in [0.05, 0.1) is 19.8 Å². The van der Waals surface area contributed by atoms with Gasteiger partial charge in [0.1, 0.15) is 5.41 Å². The number of rotatable bonds is 5. The lowest BCUT2D eigenvalue weighted by atomic mass is 9.84. The molecule has 0 spiro atoms. The van der Waals surface area contributed by atoms with Crippen LogP contribution in [0.25, 0.3) is 0 Å². The van der Waals surface area contributed by atoms with Crippen LogP contribution in [0.1, 0.15) is 27.2 Å². The lowest BCUT2D eigenvalue weighted by Crippen LogP contribution is -2.57. The van der Waals surface area contributed by atoms with Gasteiger partial charge >= 0.3 is 0 Å². The molecule has 15 heavy (non-hydrogen) atoms. The Kier molecular flexibility index (Phi) is 3.73. The Bertz CT molecular complexity index is 228. The van der Waals surface area contributed by atoms with E-state index in [-0.39, 0.29) is 17.9 Å². The van der Waals surface area contributed by atoms with Crippen molar-refractivity contribution in [3.05, 3.63) is 0 Å². The first-order chi connectivity index (χ1) is 6.96. The van der Waals surface area contributed by atoms with Crippen LogP contribution in [0.2, 0.25) is 0 Å². The third-order valence-electron chi connectivity index (χ3n) is 3.23. The van der Waals surface area contributed by atoms with E-state index in [1.165, 1.54) is 0 Å². The Hall–Kier alpha value is -0.610. The number of ether oxygens (including phenoxy) is 1. The van der Waals surface area contributed by atoms with Crippen molar-refractivity contribution in [1.82, 2.24) is 5.32 Å². The van der Waals surface area contributed by atoms with E-state index in [2.05, 4.69) is 26.1 Å². The molecule has 88 valence electrons. The third kappa shape index (κ3) is 2.69. The summed E-state index contributed by atoms with van der Waals surface area (Å²) in [6.07, 6.45) is 1.01. The minimum absolute atomic E-state index is 0.0854. The van der Waals surface area contributed by atoms with Gasteiger partial charge in [0, 0.05) is 6.54 Å². The number of hydrogen-bond donors (Lipinski definition) is 2. The average Bonchev–Trinajstić information content (AvgIpc) is 2.14. The van der Waals surface area contributed by atoms with Crippen molar-refractivity contribution >= 4 is 5.91 Å². The van der Waals surface area contributed by atoms with Gasteiger partial charge in [-0.1, -0.05) is 20.8 Å². The molecule has 2 N–H and O–H groups in total. The summed E-state index contributed by atoms with van der Waals surface area (Å²) in [5.41, 5.74) is -0.569. The maximum absolute atomic E-state index is 11.8. The molecule has 0 aromatic rings. The molecule has 0 unspecified atom stereocenters. The summed E-state index contributed by atoms with van der Waals surface area (Å²) in [5, 5.41) is 12.0. The first kappa shape index (κ1) is 12.5. The Morgan fingerprint density at radius 2 is 2.13 bits per heavy atom. The molecule has 0 saturated carbocycles. The van der Waals surface area contributed by atoms with Gasteiger partial charge in [-0.25, -0.2) is 0 Å². The van der Waals surface area contributed by atoms with Crippen molar-refractivity contribution < 1.29 is 14.6 Å². The highest BCUT2D eigenvalue weighted by molar-refractivity contribution is 5.83. The summed E-state index contributed by atoms with van der Waals surface area (Å²) in [6.45, 7) is 7.49. The van der Waals surface area contributed by atoms with Crippen LogP contribution in [0.15, 0.2) is 0 Å². The summed E-state index contributed by atoms with van der Waals surface area (Å²) >= 11 is 0. The van der Waals surface area contributed by atoms with E-state index >= 15 is 0 Å². The summed E-state index contributed by atoms with van der Waals surface area (Å²) in [6, 6.07) is 0. The van der Waals surface area contributed by atoms with Gasteiger partial charge in [-0.15, -0.1) is 0 Å². The fourth-order valence-electron chi connectivity index (χ4n) is 1.27. The summed E-state index contributed by atoms with van der Waals surface area (Å²) in [5.74, 6) is -0.0854. The molecule has 1 aliphatic heterocycles.